The quantitative estimate of drug-likeness (QED) is 0.461. The molecule has 86 valence electrons. The van der Waals surface area contributed by atoms with Gasteiger partial charge in [-0.15, -0.1) is 0 Å². The van der Waals surface area contributed by atoms with Crippen molar-refractivity contribution in [3.63, 3.8) is 0 Å². The fraction of sp³-hybridized carbons (Fsp3) is 0.250. The standard InChI is InChI=1S/C12H13ClO3/c1-3-10(12(14)15-4-2)16-11-8-6-5-7-9(11)13/h3,5-8H,4H2,1-2H3/b10-3-. The van der Waals surface area contributed by atoms with Gasteiger partial charge in [-0.25, -0.2) is 4.79 Å². The second kappa shape index (κ2) is 6.18. The topological polar surface area (TPSA) is 35.5 Å². The molecule has 0 saturated carbocycles. The molecule has 0 fully saturated rings. The number of hydrogen-bond acceptors (Lipinski definition) is 3. The van der Waals surface area contributed by atoms with Crippen molar-refractivity contribution in [3.05, 3.63) is 41.1 Å². The van der Waals surface area contributed by atoms with Crippen LogP contribution in [0.5, 0.6) is 5.75 Å². The lowest BCUT2D eigenvalue weighted by Crippen LogP contribution is -2.12. The molecule has 0 spiro atoms. The van der Waals surface area contributed by atoms with E-state index in [4.69, 9.17) is 21.1 Å². The lowest BCUT2D eigenvalue weighted by molar-refractivity contribution is -0.141. The molecule has 1 aromatic rings. The Balaban J connectivity index is 2.79. The molecule has 0 aliphatic carbocycles. The van der Waals surface area contributed by atoms with Gasteiger partial charge in [0.05, 0.1) is 11.6 Å². The third kappa shape index (κ3) is 3.28. The van der Waals surface area contributed by atoms with Crippen LogP contribution in [0.3, 0.4) is 0 Å². The number of hydrogen-bond donors (Lipinski definition) is 0. The van der Waals surface area contributed by atoms with E-state index in [9.17, 15) is 4.79 Å². The number of benzene rings is 1. The molecule has 0 heterocycles. The number of ether oxygens (including phenoxy) is 2. The highest BCUT2D eigenvalue weighted by Crippen LogP contribution is 2.25. The summed E-state index contributed by atoms with van der Waals surface area (Å²) in [5, 5.41) is 0.450. The largest absolute Gasteiger partial charge is 0.460 e. The highest BCUT2D eigenvalue weighted by molar-refractivity contribution is 6.32. The Morgan fingerprint density at radius 1 is 1.44 bits per heavy atom. The summed E-state index contributed by atoms with van der Waals surface area (Å²) in [7, 11) is 0. The normalized spacial score (nSPS) is 11.1. The Morgan fingerprint density at radius 2 is 2.12 bits per heavy atom. The first-order chi connectivity index (χ1) is 7.69. The molecule has 1 aromatic carbocycles. The molecular weight excluding hydrogens is 228 g/mol. The minimum Gasteiger partial charge on any atom is -0.460 e. The zero-order chi connectivity index (χ0) is 12.0. The van der Waals surface area contributed by atoms with Crippen molar-refractivity contribution in [1.29, 1.82) is 0 Å². The van der Waals surface area contributed by atoms with Crippen molar-refractivity contribution in [2.24, 2.45) is 0 Å². The summed E-state index contributed by atoms with van der Waals surface area (Å²) in [4.78, 5) is 11.4. The molecule has 0 aliphatic rings. The average Bonchev–Trinajstić information content (AvgIpc) is 2.28. The summed E-state index contributed by atoms with van der Waals surface area (Å²) in [5.74, 6) is 0.0742. The van der Waals surface area contributed by atoms with E-state index in [1.165, 1.54) is 0 Å². The minimum atomic E-state index is -0.495. The number of halogens is 1. The molecule has 0 aromatic heterocycles. The van der Waals surface area contributed by atoms with Crippen molar-refractivity contribution in [2.45, 2.75) is 13.8 Å². The van der Waals surface area contributed by atoms with E-state index >= 15 is 0 Å². The third-order valence-corrected chi connectivity index (χ3v) is 2.11. The second-order valence-corrected chi connectivity index (χ2v) is 3.31. The monoisotopic (exact) mass is 240 g/mol. The van der Waals surface area contributed by atoms with Gasteiger partial charge in [0.15, 0.2) is 0 Å². The molecule has 3 nitrogen and oxygen atoms in total. The predicted molar refractivity (Wildman–Crippen MR) is 62.5 cm³/mol. The number of esters is 1. The van der Waals surface area contributed by atoms with Crippen LogP contribution >= 0.6 is 11.6 Å². The van der Waals surface area contributed by atoms with E-state index in [1.54, 1.807) is 44.2 Å². The zero-order valence-corrected chi connectivity index (χ0v) is 9.95. The van der Waals surface area contributed by atoms with Crippen molar-refractivity contribution < 1.29 is 14.3 Å². The highest BCUT2D eigenvalue weighted by Gasteiger charge is 2.13. The van der Waals surface area contributed by atoms with Crippen LogP contribution in [-0.2, 0) is 9.53 Å². The number of rotatable bonds is 4. The molecule has 4 heteroatoms. The molecule has 1 rings (SSSR count). The Morgan fingerprint density at radius 3 is 2.69 bits per heavy atom. The molecular formula is C12H13ClO3. The van der Waals surface area contributed by atoms with E-state index in [2.05, 4.69) is 0 Å². The Kier molecular flexibility index (Phi) is 4.86. The summed E-state index contributed by atoms with van der Waals surface area (Å²) in [5.41, 5.74) is 0. The number of allylic oxidation sites excluding steroid dienone is 1. The van der Waals surface area contributed by atoms with Crippen LogP contribution < -0.4 is 4.74 Å². The van der Waals surface area contributed by atoms with Crippen molar-refractivity contribution in [1.82, 2.24) is 0 Å². The van der Waals surface area contributed by atoms with Crippen LogP contribution in [0.1, 0.15) is 13.8 Å². The van der Waals surface area contributed by atoms with E-state index in [0.717, 1.165) is 0 Å². The number of carbonyl (C=O) groups excluding carboxylic acids is 1. The lowest BCUT2D eigenvalue weighted by atomic mass is 10.3. The maximum Gasteiger partial charge on any atom is 0.373 e. The fourth-order valence-electron chi connectivity index (χ4n) is 1.07. The average molecular weight is 241 g/mol. The molecule has 0 atom stereocenters. The van der Waals surface area contributed by atoms with Gasteiger partial charge in [0.25, 0.3) is 0 Å². The highest BCUT2D eigenvalue weighted by atomic mass is 35.5. The van der Waals surface area contributed by atoms with Crippen LogP contribution in [0.15, 0.2) is 36.1 Å². The summed E-state index contributed by atoms with van der Waals surface area (Å²) in [6.45, 7) is 3.74. The summed E-state index contributed by atoms with van der Waals surface area (Å²) in [6.07, 6.45) is 1.54. The molecule has 0 unspecified atom stereocenters. The molecule has 0 radical (unpaired) electrons. The lowest BCUT2D eigenvalue weighted by Gasteiger charge is -2.09. The van der Waals surface area contributed by atoms with Gasteiger partial charge in [-0.1, -0.05) is 23.7 Å². The van der Waals surface area contributed by atoms with Gasteiger partial charge >= 0.3 is 5.97 Å². The van der Waals surface area contributed by atoms with Crippen molar-refractivity contribution >= 4 is 17.6 Å². The van der Waals surface area contributed by atoms with E-state index in [-0.39, 0.29) is 5.76 Å². The summed E-state index contributed by atoms with van der Waals surface area (Å²) in [6, 6.07) is 6.94. The van der Waals surface area contributed by atoms with Gasteiger partial charge in [-0.05, 0) is 32.1 Å². The third-order valence-electron chi connectivity index (χ3n) is 1.80. The van der Waals surface area contributed by atoms with Gasteiger partial charge in [0.2, 0.25) is 5.76 Å². The van der Waals surface area contributed by atoms with Gasteiger partial charge < -0.3 is 9.47 Å². The van der Waals surface area contributed by atoms with Crippen LogP contribution in [0, 0.1) is 0 Å². The van der Waals surface area contributed by atoms with E-state index < -0.39 is 5.97 Å². The predicted octanol–water partition coefficient (Wildman–Crippen LogP) is 3.19. The zero-order valence-electron chi connectivity index (χ0n) is 9.20. The molecule has 0 bridgehead atoms. The Hall–Kier alpha value is -1.48. The van der Waals surface area contributed by atoms with Crippen LogP contribution in [0.4, 0.5) is 0 Å². The van der Waals surface area contributed by atoms with Crippen molar-refractivity contribution in [2.75, 3.05) is 6.61 Å². The first-order valence-corrected chi connectivity index (χ1v) is 5.32. The maximum atomic E-state index is 11.4. The van der Waals surface area contributed by atoms with E-state index in [0.29, 0.717) is 17.4 Å². The number of carbonyl (C=O) groups is 1. The number of para-hydroxylation sites is 1. The first-order valence-electron chi connectivity index (χ1n) is 4.94. The molecule has 0 N–H and O–H groups in total. The van der Waals surface area contributed by atoms with E-state index in [1.807, 2.05) is 0 Å². The van der Waals surface area contributed by atoms with Gasteiger partial charge in [0.1, 0.15) is 5.75 Å². The van der Waals surface area contributed by atoms with Gasteiger partial charge in [-0.3, -0.25) is 0 Å². The van der Waals surface area contributed by atoms with Gasteiger partial charge in [0, 0.05) is 0 Å². The summed E-state index contributed by atoms with van der Waals surface area (Å²) < 4.78 is 10.2. The molecule has 0 saturated heterocycles. The Labute approximate surface area is 99.6 Å². The smallest absolute Gasteiger partial charge is 0.373 e. The second-order valence-electron chi connectivity index (χ2n) is 2.91. The van der Waals surface area contributed by atoms with Crippen molar-refractivity contribution in [3.8, 4) is 5.75 Å². The van der Waals surface area contributed by atoms with Crippen LogP contribution in [0.2, 0.25) is 5.02 Å². The fourth-order valence-corrected chi connectivity index (χ4v) is 1.24. The SMILES string of the molecule is C/C=C(\Oc1ccccc1Cl)C(=O)OCC. The maximum absolute atomic E-state index is 11.4. The summed E-state index contributed by atoms with van der Waals surface area (Å²) >= 11 is 5.90. The minimum absolute atomic E-state index is 0.134. The van der Waals surface area contributed by atoms with Crippen LogP contribution in [-0.4, -0.2) is 12.6 Å². The Bertz CT molecular complexity index is 399. The van der Waals surface area contributed by atoms with Gasteiger partial charge in [-0.2, -0.15) is 0 Å². The molecule has 16 heavy (non-hydrogen) atoms. The first kappa shape index (κ1) is 12.6. The molecule has 0 amide bonds. The molecule has 0 aliphatic heterocycles. The van der Waals surface area contributed by atoms with Crippen LogP contribution in [0.25, 0.3) is 0 Å².